The predicted molar refractivity (Wildman–Crippen MR) is 153 cm³/mol. The predicted octanol–water partition coefficient (Wildman–Crippen LogP) is 4.76. The van der Waals surface area contributed by atoms with Gasteiger partial charge in [-0.25, -0.2) is 22.9 Å². The Bertz CT molecular complexity index is 1840. The smallest absolute Gasteiger partial charge is 0.408 e. The van der Waals surface area contributed by atoms with Gasteiger partial charge in [0.1, 0.15) is 11.7 Å². The van der Waals surface area contributed by atoms with Gasteiger partial charge in [0.15, 0.2) is 11.3 Å². The minimum absolute atomic E-state index is 0.0337. The number of halogens is 5. The Morgan fingerprint density at radius 1 is 1.17 bits per heavy atom. The van der Waals surface area contributed by atoms with Crippen LogP contribution in [0.2, 0.25) is 0 Å². The highest BCUT2D eigenvalue weighted by molar-refractivity contribution is 5.93. The van der Waals surface area contributed by atoms with E-state index in [9.17, 15) is 31.5 Å². The molecule has 4 aromatic heterocycles. The van der Waals surface area contributed by atoms with E-state index in [0.717, 1.165) is 12.8 Å². The molecular formula is C30H32F5N9O4. The molecule has 13 nitrogen and oxygen atoms in total. The van der Waals surface area contributed by atoms with Crippen molar-refractivity contribution in [3.05, 3.63) is 52.9 Å². The molecular weight excluding hydrogens is 645 g/mol. The number of aromatic nitrogens is 7. The second-order valence-corrected chi connectivity index (χ2v) is 13.2. The highest BCUT2D eigenvalue weighted by Crippen LogP contribution is 2.49. The van der Waals surface area contributed by atoms with E-state index in [-0.39, 0.29) is 67.1 Å². The summed E-state index contributed by atoms with van der Waals surface area (Å²) in [4.78, 5) is 31.5. The first-order valence-corrected chi connectivity index (χ1v) is 15.8. The Hall–Kier alpha value is -4.51. The van der Waals surface area contributed by atoms with Gasteiger partial charge in [-0.15, -0.1) is 10.2 Å². The molecule has 2 saturated carbocycles. The summed E-state index contributed by atoms with van der Waals surface area (Å²) in [5.41, 5.74) is -0.0643. The molecule has 2 aliphatic carbocycles. The Kier molecular flexibility index (Phi) is 7.73. The van der Waals surface area contributed by atoms with Crippen LogP contribution in [0.5, 0.6) is 0 Å². The minimum Gasteiger partial charge on any atom is -0.425 e. The first kappa shape index (κ1) is 32.1. The second kappa shape index (κ2) is 11.6. The van der Waals surface area contributed by atoms with Gasteiger partial charge < -0.3 is 15.1 Å². The number of carbonyl (C=O) groups excluding carboxylic acids is 2. The number of nitrogens with zero attached hydrogens (tertiary/aromatic N) is 7. The standard InChI is InChI=1S/C30H32F5N9O4/c1-14(26-41-40-15(2)47-26)28(11-20(30(33,34)35)38-27(28)46)10-16-9-21-37-19(13-44(21)36-12-16)22(18-5-7-29(31,32)8-6-18)39-25(45)24-23(17-3-4-17)42-48-43-24/h9,12-14,17-18,20,22H,3-8,10-11H2,1-2H3,(H,38,46)(H,39,45)/t14-,20-,22-,28-/m0/s1. The number of alkyl halides is 5. The van der Waals surface area contributed by atoms with Crippen molar-refractivity contribution in [1.29, 1.82) is 0 Å². The highest BCUT2D eigenvalue weighted by Gasteiger charge is 2.59. The molecule has 0 radical (unpaired) electrons. The lowest BCUT2D eigenvalue weighted by atomic mass is 9.70. The van der Waals surface area contributed by atoms with Crippen molar-refractivity contribution < 1.29 is 40.6 Å². The molecule has 0 spiro atoms. The summed E-state index contributed by atoms with van der Waals surface area (Å²) in [6.45, 7) is 3.12. The number of rotatable bonds is 9. The number of hydrogen-bond donors (Lipinski definition) is 2. The maximum atomic E-state index is 14.1. The molecule has 3 fully saturated rings. The first-order chi connectivity index (χ1) is 22.7. The molecule has 2 amide bonds. The number of carbonyl (C=O) groups is 2. The molecule has 5 heterocycles. The second-order valence-electron chi connectivity index (χ2n) is 13.2. The number of hydrogen-bond acceptors (Lipinski definition) is 10. The van der Waals surface area contributed by atoms with Crippen molar-refractivity contribution in [3.63, 3.8) is 0 Å². The Labute approximate surface area is 269 Å². The Morgan fingerprint density at radius 2 is 1.92 bits per heavy atom. The van der Waals surface area contributed by atoms with E-state index in [1.54, 1.807) is 26.1 Å². The zero-order chi connectivity index (χ0) is 34.0. The van der Waals surface area contributed by atoms with Crippen LogP contribution in [0.1, 0.15) is 109 Å². The van der Waals surface area contributed by atoms with Crippen molar-refractivity contribution in [2.75, 3.05) is 0 Å². The topological polar surface area (TPSA) is 166 Å². The van der Waals surface area contributed by atoms with Gasteiger partial charge in [-0.05, 0) is 61.2 Å². The van der Waals surface area contributed by atoms with Gasteiger partial charge >= 0.3 is 6.18 Å². The molecule has 18 heteroatoms. The third-order valence-electron chi connectivity index (χ3n) is 9.91. The molecule has 0 aromatic carbocycles. The fraction of sp³-hybridized carbons (Fsp3) is 0.600. The fourth-order valence-corrected chi connectivity index (χ4v) is 6.97. The fourth-order valence-electron chi connectivity index (χ4n) is 6.97. The molecule has 0 unspecified atom stereocenters. The van der Waals surface area contributed by atoms with Gasteiger partial charge in [0.25, 0.3) is 5.91 Å². The van der Waals surface area contributed by atoms with Gasteiger partial charge in [0.2, 0.25) is 23.6 Å². The third kappa shape index (κ3) is 6.00. The molecule has 2 N–H and O–H groups in total. The maximum Gasteiger partial charge on any atom is 0.408 e. The van der Waals surface area contributed by atoms with E-state index in [1.165, 1.54) is 10.7 Å². The van der Waals surface area contributed by atoms with E-state index in [0.29, 0.717) is 17.0 Å². The molecule has 256 valence electrons. The summed E-state index contributed by atoms with van der Waals surface area (Å²) in [7, 11) is 0. The molecule has 0 bridgehead atoms. The first-order valence-electron chi connectivity index (χ1n) is 15.8. The van der Waals surface area contributed by atoms with Crippen LogP contribution < -0.4 is 10.6 Å². The average molecular weight is 678 g/mol. The van der Waals surface area contributed by atoms with E-state index in [1.807, 2.05) is 0 Å². The molecule has 7 rings (SSSR count). The van der Waals surface area contributed by atoms with Crippen molar-refractivity contribution in [2.45, 2.75) is 101 Å². The summed E-state index contributed by atoms with van der Waals surface area (Å²) in [5, 5.41) is 24.9. The van der Waals surface area contributed by atoms with Gasteiger partial charge in [0.05, 0.1) is 29.5 Å². The minimum atomic E-state index is -4.67. The zero-order valence-electron chi connectivity index (χ0n) is 25.9. The number of amides is 2. The van der Waals surface area contributed by atoms with Gasteiger partial charge in [-0.3, -0.25) is 9.59 Å². The van der Waals surface area contributed by atoms with Gasteiger partial charge in [-0.1, -0.05) is 12.1 Å². The highest BCUT2D eigenvalue weighted by atomic mass is 19.4. The van der Waals surface area contributed by atoms with E-state index in [4.69, 9.17) is 9.05 Å². The van der Waals surface area contributed by atoms with Crippen molar-refractivity contribution in [3.8, 4) is 0 Å². The summed E-state index contributed by atoms with van der Waals surface area (Å²) in [5.74, 6) is -5.13. The summed E-state index contributed by atoms with van der Waals surface area (Å²) < 4.78 is 81.5. The van der Waals surface area contributed by atoms with E-state index >= 15 is 0 Å². The van der Waals surface area contributed by atoms with Crippen LogP contribution in [0.15, 0.2) is 27.5 Å². The summed E-state index contributed by atoms with van der Waals surface area (Å²) in [6.07, 6.45) is -1.13. The molecule has 3 aliphatic rings. The van der Waals surface area contributed by atoms with Crippen LogP contribution in [0, 0.1) is 18.3 Å². The molecule has 1 saturated heterocycles. The number of aryl methyl sites for hydroxylation is 1. The average Bonchev–Trinajstić information content (AvgIpc) is 3.36. The molecule has 4 aromatic rings. The number of imidazole rings is 1. The van der Waals surface area contributed by atoms with Gasteiger partial charge in [0, 0.05) is 31.6 Å². The van der Waals surface area contributed by atoms with Crippen molar-refractivity contribution in [1.82, 2.24) is 45.7 Å². The van der Waals surface area contributed by atoms with Crippen LogP contribution in [-0.4, -0.2) is 65.1 Å². The van der Waals surface area contributed by atoms with E-state index in [2.05, 4.69) is 41.2 Å². The summed E-state index contributed by atoms with van der Waals surface area (Å²) >= 11 is 0. The number of nitrogens with one attached hydrogen (secondary N) is 2. The lowest BCUT2D eigenvalue weighted by molar-refractivity contribution is -0.155. The van der Waals surface area contributed by atoms with Crippen LogP contribution in [0.25, 0.3) is 5.65 Å². The van der Waals surface area contributed by atoms with Crippen LogP contribution >= 0.6 is 0 Å². The quantitative estimate of drug-likeness (QED) is 0.236. The Morgan fingerprint density at radius 3 is 2.56 bits per heavy atom. The SMILES string of the molecule is Cc1nnc([C@H](C)[C@]2(Cc3cnn4cc([C@@H](NC(=O)c5nonc5C5CC5)C5CCC(F)(F)CC5)nc4c3)C[C@@H](C(F)(F)F)NC2=O)o1. The van der Waals surface area contributed by atoms with Gasteiger partial charge in [-0.2, -0.15) is 18.3 Å². The largest absolute Gasteiger partial charge is 0.425 e. The Balaban J connectivity index is 1.20. The number of fused-ring (bicyclic) bond motifs is 1. The lowest BCUT2D eigenvalue weighted by Crippen LogP contribution is -2.40. The molecule has 48 heavy (non-hydrogen) atoms. The summed E-state index contributed by atoms with van der Waals surface area (Å²) in [6, 6.07) is -1.26. The van der Waals surface area contributed by atoms with E-state index < -0.39 is 53.8 Å². The van der Waals surface area contributed by atoms with Crippen LogP contribution in [0.4, 0.5) is 22.0 Å². The molecule has 4 atom stereocenters. The zero-order valence-corrected chi connectivity index (χ0v) is 25.9. The normalized spacial score (nSPS) is 24.5. The monoisotopic (exact) mass is 677 g/mol. The van der Waals surface area contributed by atoms with Crippen molar-refractivity contribution in [2.24, 2.45) is 11.3 Å². The van der Waals surface area contributed by atoms with Crippen molar-refractivity contribution >= 4 is 17.5 Å². The van der Waals surface area contributed by atoms with Crippen LogP contribution in [0.3, 0.4) is 0 Å². The third-order valence-corrected chi connectivity index (χ3v) is 9.91. The molecule has 1 aliphatic heterocycles. The lowest BCUT2D eigenvalue weighted by Gasteiger charge is -2.33. The van der Waals surface area contributed by atoms with Crippen LogP contribution in [-0.2, 0) is 11.2 Å². The maximum absolute atomic E-state index is 14.1.